The summed E-state index contributed by atoms with van der Waals surface area (Å²) in [5, 5.41) is 21.5. The van der Waals surface area contributed by atoms with Crippen LogP contribution in [0.15, 0.2) is 48.7 Å². The van der Waals surface area contributed by atoms with Gasteiger partial charge < -0.3 is 11.1 Å². The minimum atomic E-state index is 0.0207. The third kappa shape index (κ3) is 3.74. The monoisotopic (exact) mass is 364 g/mol. The van der Waals surface area contributed by atoms with Gasteiger partial charge in [-0.2, -0.15) is 5.10 Å². The topological polar surface area (TPSA) is 92.5 Å². The summed E-state index contributed by atoms with van der Waals surface area (Å²) in [4.78, 5) is 0. The first-order valence-electron chi connectivity index (χ1n) is 8.49. The number of aromatic amines is 1. The molecule has 0 aliphatic heterocycles. The number of H-pyrrole nitrogens is 1. The molecule has 0 spiro atoms. The molecule has 6 nitrogen and oxygen atoms in total. The molecule has 132 valence electrons. The Kier molecular flexibility index (Phi) is 4.64. The van der Waals surface area contributed by atoms with Gasteiger partial charge in [0.25, 0.3) is 0 Å². The normalized spacial score (nSPS) is 12.4. The summed E-state index contributed by atoms with van der Waals surface area (Å²) >= 11 is 1.53. The molecule has 4 rings (SSSR count). The molecular weight excluding hydrogens is 344 g/mol. The summed E-state index contributed by atoms with van der Waals surface area (Å²) in [6, 6.07) is 14.6. The molecule has 0 aliphatic rings. The van der Waals surface area contributed by atoms with Gasteiger partial charge in [-0.15, -0.1) is 10.2 Å². The largest absolute Gasteiger partial charge is 0.359 e. The number of hydrogen-bond donors (Lipinski definition) is 3. The SMILES string of the molecule is Cc1ccc(C[C@@H](N)CNc2nnc(-c3ccc4[nH]ncc4c3)s2)cc1. The Bertz CT molecular complexity index is 1000. The molecular formula is C19H20N6S. The Morgan fingerprint density at radius 3 is 2.85 bits per heavy atom. The van der Waals surface area contributed by atoms with Crippen LogP contribution in [0, 0.1) is 6.92 Å². The number of nitrogens with two attached hydrogens (primary N) is 1. The Balaban J connectivity index is 1.37. The third-order valence-electron chi connectivity index (χ3n) is 4.25. The predicted octanol–water partition coefficient (Wildman–Crippen LogP) is 3.37. The van der Waals surface area contributed by atoms with Gasteiger partial charge in [0.2, 0.25) is 5.13 Å². The average Bonchev–Trinajstić information content (AvgIpc) is 3.30. The van der Waals surface area contributed by atoms with E-state index in [0.717, 1.165) is 33.0 Å². The standard InChI is InChI=1S/C19H20N6S/c1-12-2-4-13(5-3-12)8-16(20)11-21-19-25-24-18(26-19)14-6-7-17-15(9-14)10-22-23-17/h2-7,9-10,16H,8,11,20H2,1H3,(H,21,25)(H,22,23)/t16-/m1/s1. The van der Waals surface area contributed by atoms with E-state index in [2.05, 4.69) is 63.0 Å². The van der Waals surface area contributed by atoms with Gasteiger partial charge in [0, 0.05) is 23.5 Å². The molecule has 2 aromatic heterocycles. The first-order chi connectivity index (χ1) is 12.7. The number of anilines is 1. The second kappa shape index (κ2) is 7.23. The van der Waals surface area contributed by atoms with E-state index in [1.165, 1.54) is 22.5 Å². The van der Waals surface area contributed by atoms with Crippen molar-refractivity contribution in [3.63, 3.8) is 0 Å². The molecule has 0 aliphatic carbocycles. The summed E-state index contributed by atoms with van der Waals surface area (Å²) in [5.41, 5.74) is 10.8. The van der Waals surface area contributed by atoms with E-state index in [1.54, 1.807) is 0 Å². The molecule has 0 fully saturated rings. The summed E-state index contributed by atoms with van der Waals surface area (Å²) in [5.74, 6) is 0. The highest BCUT2D eigenvalue weighted by atomic mass is 32.1. The molecule has 0 saturated heterocycles. The van der Waals surface area contributed by atoms with Crippen LogP contribution in [0.2, 0.25) is 0 Å². The minimum absolute atomic E-state index is 0.0207. The van der Waals surface area contributed by atoms with Crippen LogP contribution in [0.25, 0.3) is 21.5 Å². The van der Waals surface area contributed by atoms with Crippen LogP contribution in [0.3, 0.4) is 0 Å². The number of benzene rings is 2. The zero-order valence-corrected chi connectivity index (χ0v) is 15.3. The fourth-order valence-corrected chi connectivity index (χ4v) is 3.55. The number of aromatic nitrogens is 4. The van der Waals surface area contributed by atoms with Crippen molar-refractivity contribution in [2.45, 2.75) is 19.4 Å². The number of nitrogens with one attached hydrogen (secondary N) is 2. The summed E-state index contributed by atoms with van der Waals surface area (Å²) in [6.45, 7) is 2.74. The van der Waals surface area contributed by atoms with E-state index in [4.69, 9.17) is 5.73 Å². The number of rotatable bonds is 6. The van der Waals surface area contributed by atoms with Crippen molar-refractivity contribution in [1.29, 1.82) is 0 Å². The van der Waals surface area contributed by atoms with Crippen LogP contribution < -0.4 is 11.1 Å². The first kappa shape index (κ1) is 16.7. The Labute approximate surface area is 155 Å². The van der Waals surface area contributed by atoms with Gasteiger partial charge in [-0.25, -0.2) is 0 Å². The van der Waals surface area contributed by atoms with Gasteiger partial charge in [-0.05, 0) is 37.1 Å². The molecule has 7 heteroatoms. The Morgan fingerprint density at radius 2 is 2.00 bits per heavy atom. The van der Waals surface area contributed by atoms with E-state index in [-0.39, 0.29) is 6.04 Å². The summed E-state index contributed by atoms with van der Waals surface area (Å²) < 4.78 is 0. The maximum atomic E-state index is 6.24. The number of fused-ring (bicyclic) bond motifs is 1. The van der Waals surface area contributed by atoms with Crippen LogP contribution in [0.4, 0.5) is 5.13 Å². The van der Waals surface area contributed by atoms with E-state index in [0.29, 0.717) is 6.54 Å². The van der Waals surface area contributed by atoms with Gasteiger partial charge >= 0.3 is 0 Å². The molecule has 1 atom stereocenters. The van der Waals surface area contributed by atoms with Crippen molar-refractivity contribution >= 4 is 27.4 Å². The van der Waals surface area contributed by atoms with Gasteiger partial charge in [0.05, 0.1) is 11.7 Å². The fraction of sp³-hybridized carbons (Fsp3) is 0.211. The van der Waals surface area contributed by atoms with E-state index in [1.807, 2.05) is 18.3 Å². The van der Waals surface area contributed by atoms with Gasteiger partial charge in [-0.1, -0.05) is 41.2 Å². The van der Waals surface area contributed by atoms with Gasteiger partial charge in [-0.3, -0.25) is 5.10 Å². The third-order valence-corrected chi connectivity index (χ3v) is 5.18. The molecule has 4 aromatic rings. The Hall–Kier alpha value is -2.77. The van der Waals surface area contributed by atoms with Gasteiger partial charge in [0.1, 0.15) is 5.01 Å². The molecule has 26 heavy (non-hydrogen) atoms. The van der Waals surface area contributed by atoms with Crippen molar-refractivity contribution in [2.75, 3.05) is 11.9 Å². The molecule has 0 saturated carbocycles. The zero-order valence-electron chi connectivity index (χ0n) is 14.4. The molecule has 0 unspecified atom stereocenters. The van der Waals surface area contributed by atoms with E-state index < -0.39 is 0 Å². The van der Waals surface area contributed by atoms with Crippen LogP contribution in [-0.4, -0.2) is 33.0 Å². The Morgan fingerprint density at radius 1 is 1.15 bits per heavy atom. The molecule has 2 aromatic carbocycles. The molecule has 0 bridgehead atoms. The van der Waals surface area contributed by atoms with Crippen molar-refractivity contribution in [3.8, 4) is 10.6 Å². The predicted molar refractivity (Wildman–Crippen MR) is 106 cm³/mol. The first-order valence-corrected chi connectivity index (χ1v) is 9.31. The number of aryl methyl sites for hydroxylation is 1. The second-order valence-corrected chi connectivity index (χ2v) is 7.39. The van der Waals surface area contributed by atoms with Crippen molar-refractivity contribution in [3.05, 3.63) is 59.8 Å². The number of nitrogens with zero attached hydrogens (tertiary/aromatic N) is 3. The van der Waals surface area contributed by atoms with Crippen LogP contribution in [0.5, 0.6) is 0 Å². The van der Waals surface area contributed by atoms with Crippen LogP contribution in [0.1, 0.15) is 11.1 Å². The lowest BCUT2D eigenvalue weighted by molar-refractivity contribution is 0.698. The summed E-state index contributed by atoms with van der Waals surface area (Å²) in [7, 11) is 0. The van der Waals surface area contributed by atoms with E-state index in [9.17, 15) is 0 Å². The highest BCUT2D eigenvalue weighted by molar-refractivity contribution is 7.18. The molecule has 0 amide bonds. The fourth-order valence-electron chi connectivity index (χ4n) is 2.80. The van der Waals surface area contributed by atoms with Crippen LogP contribution in [-0.2, 0) is 6.42 Å². The highest BCUT2D eigenvalue weighted by Gasteiger charge is 2.10. The lowest BCUT2D eigenvalue weighted by Crippen LogP contribution is -2.31. The summed E-state index contributed by atoms with van der Waals surface area (Å²) in [6.07, 6.45) is 2.64. The lowest BCUT2D eigenvalue weighted by Gasteiger charge is -2.12. The quantitative estimate of drug-likeness (QED) is 0.488. The molecule has 4 N–H and O–H groups in total. The van der Waals surface area contributed by atoms with Gasteiger partial charge in [0.15, 0.2) is 0 Å². The van der Waals surface area contributed by atoms with E-state index >= 15 is 0 Å². The molecule has 2 heterocycles. The maximum absolute atomic E-state index is 6.24. The van der Waals surface area contributed by atoms with Crippen molar-refractivity contribution < 1.29 is 0 Å². The zero-order chi connectivity index (χ0) is 17.9. The highest BCUT2D eigenvalue weighted by Crippen LogP contribution is 2.28. The van der Waals surface area contributed by atoms with Crippen LogP contribution >= 0.6 is 11.3 Å². The second-order valence-electron chi connectivity index (χ2n) is 6.42. The lowest BCUT2D eigenvalue weighted by atomic mass is 10.1. The minimum Gasteiger partial charge on any atom is -0.359 e. The molecule has 0 radical (unpaired) electrons. The van der Waals surface area contributed by atoms with Crippen molar-refractivity contribution in [1.82, 2.24) is 20.4 Å². The maximum Gasteiger partial charge on any atom is 0.206 e. The smallest absolute Gasteiger partial charge is 0.206 e. The number of hydrogen-bond acceptors (Lipinski definition) is 6. The van der Waals surface area contributed by atoms with Crippen molar-refractivity contribution in [2.24, 2.45) is 5.73 Å². The average molecular weight is 364 g/mol.